The number of ether oxygens (including phenoxy) is 1. The third-order valence-corrected chi connectivity index (χ3v) is 7.30. The lowest BCUT2D eigenvalue weighted by Crippen LogP contribution is -2.53. The zero-order valence-electron chi connectivity index (χ0n) is 17.2. The lowest BCUT2D eigenvalue weighted by Gasteiger charge is -2.55. The number of thiocarbonyl (C=S) groups is 1. The highest BCUT2D eigenvalue weighted by molar-refractivity contribution is 7.80. The molecule has 4 atom stereocenters. The second-order valence-corrected chi connectivity index (χ2v) is 9.28. The molecule has 4 aliphatic rings. The van der Waals surface area contributed by atoms with Crippen LogP contribution >= 0.6 is 12.2 Å². The Morgan fingerprint density at radius 1 is 1.14 bits per heavy atom. The van der Waals surface area contributed by atoms with E-state index >= 15 is 0 Å². The van der Waals surface area contributed by atoms with Crippen LogP contribution in [0.25, 0.3) is 0 Å². The molecule has 2 amide bonds. The highest BCUT2D eigenvalue weighted by atomic mass is 32.1. The van der Waals surface area contributed by atoms with Gasteiger partial charge in [0.05, 0.1) is 18.9 Å². The number of anilines is 1. The van der Waals surface area contributed by atoms with Crippen molar-refractivity contribution in [2.45, 2.75) is 33.6 Å². The van der Waals surface area contributed by atoms with Crippen molar-refractivity contribution in [1.82, 2.24) is 10.4 Å². The number of rotatable bonds is 4. The predicted octanol–water partition coefficient (Wildman–Crippen LogP) is 3.51. The van der Waals surface area contributed by atoms with Gasteiger partial charge in [-0.25, -0.2) is 0 Å². The molecule has 1 saturated carbocycles. The summed E-state index contributed by atoms with van der Waals surface area (Å²) >= 11 is 5.37. The van der Waals surface area contributed by atoms with Gasteiger partial charge in [0, 0.05) is 11.1 Å². The monoisotopic (exact) mass is 413 g/mol. The molecule has 0 unspecified atom stereocenters. The molecule has 2 fully saturated rings. The number of amides is 2. The molecule has 1 aromatic carbocycles. The Labute approximate surface area is 176 Å². The fourth-order valence-electron chi connectivity index (χ4n) is 5.28. The van der Waals surface area contributed by atoms with Crippen molar-refractivity contribution < 1.29 is 14.3 Å². The van der Waals surface area contributed by atoms with E-state index in [1.807, 2.05) is 24.3 Å². The van der Waals surface area contributed by atoms with Gasteiger partial charge >= 0.3 is 0 Å². The van der Waals surface area contributed by atoms with Crippen LogP contribution in [-0.2, 0) is 9.59 Å². The van der Waals surface area contributed by atoms with Crippen LogP contribution in [0, 0.1) is 28.6 Å². The molecule has 1 saturated heterocycles. The minimum Gasteiger partial charge on any atom is -0.497 e. The Kier molecular flexibility index (Phi) is 4.69. The molecule has 0 radical (unpaired) electrons. The number of nitrogens with one attached hydrogen (secondary N) is 2. The third-order valence-electron chi connectivity index (χ3n) is 7.10. The standard InChI is InChI=1S/C22H27N3O3S/c1-13(2)22-11-9-21(3,10-12-22)16-17(22)19(27)25(18(16)26)24-20(29)23-14-5-7-15(28-4)8-6-14/h5-9,11,13,16-17H,10,12H2,1-4H3,(H2,23,24,29)/t16-,17+,21-,22+/m1/s1. The fraction of sp³-hybridized carbons (Fsp3) is 0.500. The molecule has 7 heteroatoms. The number of carbonyl (C=O) groups is 2. The zero-order chi connectivity index (χ0) is 21.0. The van der Waals surface area contributed by atoms with E-state index in [1.165, 1.54) is 0 Å². The van der Waals surface area contributed by atoms with Gasteiger partial charge in [-0.05, 0) is 60.7 Å². The number of nitrogens with zero attached hydrogens (tertiary/aromatic N) is 1. The van der Waals surface area contributed by atoms with Crippen LogP contribution in [-0.4, -0.2) is 29.0 Å². The molecule has 0 aromatic heterocycles. The minimum atomic E-state index is -0.340. The van der Waals surface area contributed by atoms with Gasteiger partial charge in [0.2, 0.25) is 0 Å². The summed E-state index contributed by atoms with van der Waals surface area (Å²) in [6, 6.07) is 7.25. The van der Waals surface area contributed by atoms with Crippen molar-refractivity contribution in [2.75, 3.05) is 12.4 Å². The normalized spacial score (nSPS) is 32.5. The van der Waals surface area contributed by atoms with Gasteiger partial charge in [-0.1, -0.05) is 32.9 Å². The number of fused-ring (bicyclic) bond motifs is 1. The molecule has 2 bridgehead atoms. The average Bonchev–Trinajstić information content (AvgIpc) is 2.96. The number of hydrazine groups is 1. The molecule has 0 spiro atoms. The predicted molar refractivity (Wildman–Crippen MR) is 115 cm³/mol. The van der Waals surface area contributed by atoms with Gasteiger partial charge in [0.15, 0.2) is 5.11 Å². The maximum absolute atomic E-state index is 13.4. The van der Waals surface area contributed by atoms with Gasteiger partial charge in [-0.2, -0.15) is 5.01 Å². The maximum Gasteiger partial charge on any atom is 0.253 e. The van der Waals surface area contributed by atoms with Crippen molar-refractivity contribution in [3.8, 4) is 5.75 Å². The first-order valence-electron chi connectivity index (χ1n) is 10.0. The van der Waals surface area contributed by atoms with Gasteiger partial charge in [0.1, 0.15) is 5.75 Å². The van der Waals surface area contributed by atoms with E-state index in [0.717, 1.165) is 29.3 Å². The number of hydrogen-bond acceptors (Lipinski definition) is 4. The van der Waals surface area contributed by atoms with Crippen LogP contribution in [0.5, 0.6) is 5.75 Å². The van der Waals surface area contributed by atoms with E-state index in [4.69, 9.17) is 17.0 Å². The Morgan fingerprint density at radius 3 is 2.34 bits per heavy atom. The molecule has 1 aromatic rings. The van der Waals surface area contributed by atoms with E-state index in [2.05, 4.69) is 43.7 Å². The van der Waals surface area contributed by atoms with Gasteiger partial charge < -0.3 is 10.1 Å². The number of benzene rings is 1. The van der Waals surface area contributed by atoms with Crippen molar-refractivity contribution in [1.29, 1.82) is 0 Å². The molecule has 2 N–H and O–H groups in total. The van der Waals surface area contributed by atoms with Crippen LogP contribution in [0.3, 0.4) is 0 Å². The van der Waals surface area contributed by atoms with Crippen molar-refractivity contribution in [2.24, 2.45) is 28.6 Å². The Bertz CT molecular complexity index is 897. The summed E-state index contributed by atoms with van der Waals surface area (Å²) in [5, 5.41) is 4.37. The van der Waals surface area contributed by atoms with E-state index in [9.17, 15) is 9.59 Å². The first-order valence-corrected chi connectivity index (χ1v) is 10.4. The van der Waals surface area contributed by atoms with Crippen LogP contribution in [0.4, 0.5) is 5.69 Å². The highest BCUT2D eigenvalue weighted by Crippen LogP contribution is 2.63. The summed E-state index contributed by atoms with van der Waals surface area (Å²) in [5.41, 5.74) is 3.04. The Hall–Kier alpha value is -2.41. The third kappa shape index (κ3) is 2.94. The van der Waals surface area contributed by atoms with E-state index in [-0.39, 0.29) is 45.5 Å². The molecule has 1 aliphatic heterocycles. The number of methoxy groups -OCH3 is 1. The maximum atomic E-state index is 13.4. The van der Waals surface area contributed by atoms with Gasteiger partial charge in [0.25, 0.3) is 11.8 Å². The summed E-state index contributed by atoms with van der Waals surface area (Å²) in [6.07, 6.45) is 6.22. The Morgan fingerprint density at radius 2 is 1.79 bits per heavy atom. The molecule has 5 rings (SSSR count). The second kappa shape index (κ2) is 6.83. The quantitative estimate of drug-likeness (QED) is 0.447. The Balaban J connectivity index is 1.55. The van der Waals surface area contributed by atoms with Crippen molar-refractivity contribution in [3.05, 3.63) is 36.4 Å². The lowest BCUT2D eigenvalue weighted by molar-refractivity contribution is -0.142. The molecule has 3 aliphatic carbocycles. The summed E-state index contributed by atoms with van der Waals surface area (Å²) in [5.74, 6) is -0.0310. The number of hydrogen-bond donors (Lipinski definition) is 2. The smallest absolute Gasteiger partial charge is 0.253 e. The molecule has 6 nitrogen and oxygen atoms in total. The van der Waals surface area contributed by atoms with Crippen LogP contribution in [0.15, 0.2) is 36.4 Å². The molecule has 1 heterocycles. The average molecular weight is 414 g/mol. The van der Waals surface area contributed by atoms with E-state index in [1.54, 1.807) is 7.11 Å². The van der Waals surface area contributed by atoms with Crippen LogP contribution in [0.2, 0.25) is 0 Å². The van der Waals surface area contributed by atoms with E-state index < -0.39 is 0 Å². The summed E-state index contributed by atoms with van der Waals surface area (Å²) in [4.78, 5) is 26.7. The lowest BCUT2D eigenvalue weighted by atomic mass is 9.46. The molecule has 154 valence electrons. The summed E-state index contributed by atoms with van der Waals surface area (Å²) in [6.45, 7) is 6.37. The van der Waals surface area contributed by atoms with Gasteiger partial charge in [-0.15, -0.1) is 0 Å². The number of imide groups is 1. The van der Waals surface area contributed by atoms with E-state index in [0.29, 0.717) is 0 Å². The topological polar surface area (TPSA) is 70.7 Å². The van der Waals surface area contributed by atoms with Crippen molar-refractivity contribution >= 4 is 34.8 Å². The first-order chi connectivity index (χ1) is 13.7. The first kappa shape index (κ1) is 19.9. The largest absolute Gasteiger partial charge is 0.497 e. The highest BCUT2D eigenvalue weighted by Gasteiger charge is 2.67. The zero-order valence-corrected chi connectivity index (χ0v) is 18.0. The minimum absolute atomic E-state index is 0.178. The van der Waals surface area contributed by atoms with Crippen LogP contribution < -0.4 is 15.5 Å². The SMILES string of the molecule is COc1ccc(NC(=S)NN2C(=O)[C@@H]3[C@H](C2=O)[C@]2(C)C=C[C@@]3(C(C)C)CC2)cc1. The second-order valence-electron chi connectivity index (χ2n) is 8.87. The molecular formula is C22H27N3O3S. The molecule has 29 heavy (non-hydrogen) atoms. The summed E-state index contributed by atoms with van der Waals surface area (Å²) < 4.78 is 5.15. The van der Waals surface area contributed by atoms with Crippen LogP contribution in [0.1, 0.15) is 33.6 Å². The fourth-order valence-corrected chi connectivity index (χ4v) is 5.49. The van der Waals surface area contributed by atoms with Crippen molar-refractivity contribution in [3.63, 3.8) is 0 Å². The number of carbonyl (C=O) groups excluding carboxylic acids is 2. The molecular weight excluding hydrogens is 386 g/mol. The summed E-state index contributed by atoms with van der Waals surface area (Å²) in [7, 11) is 1.60. The van der Waals surface area contributed by atoms with Gasteiger partial charge in [-0.3, -0.25) is 15.0 Å². The number of allylic oxidation sites excluding steroid dienone is 2.